The van der Waals surface area contributed by atoms with Gasteiger partial charge in [0, 0.05) is 0 Å². The summed E-state index contributed by atoms with van der Waals surface area (Å²) in [5.41, 5.74) is 0. The van der Waals surface area contributed by atoms with Crippen LogP contribution in [0.1, 0.15) is 0 Å². The third kappa shape index (κ3) is 4.06. The zero-order chi connectivity index (χ0) is 11.0. The molecular weight excluding hydrogens is 248 g/mol. The number of hydrogen-bond donors (Lipinski definition) is 0. The van der Waals surface area contributed by atoms with Crippen molar-refractivity contribution in [2.45, 2.75) is 39.3 Å². The summed E-state index contributed by atoms with van der Waals surface area (Å²) < 4.78 is 23.6. The first kappa shape index (κ1) is 12.8. The Morgan fingerprint density at radius 1 is 0.786 bits per heavy atom. The number of rotatable bonds is 0. The van der Waals surface area contributed by atoms with Crippen LogP contribution in [0.15, 0.2) is 0 Å². The van der Waals surface area contributed by atoms with Crippen molar-refractivity contribution in [3.05, 3.63) is 0 Å². The van der Waals surface area contributed by atoms with E-state index >= 15 is 0 Å². The molecule has 0 saturated carbocycles. The Morgan fingerprint density at radius 2 is 1.14 bits per heavy atom. The summed E-state index contributed by atoms with van der Waals surface area (Å²) in [6, 6.07) is 0. The van der Waals surface area contributed by atoms with Gasteiger partial charge in [-0.25, -0.2) is 0 Å². The van der Waals surface area contributed by atoms with Crippen molar-refractivity contribution in [3.8, 4) is 0 Å². The van der Waals surface area contributed by atoms with E-state index in [1.807, 2.05) is 13.1 Å². The third-order valence-corrected chi connectivity index (χ3v) is 16.0. The molecule has 0 aliphatic carbocycles. The van der Waals surface area contributed by atoms with Crippen molar-refractivity contribution in [2.75, 3.05) is 0 Å². The molecule has 0 aromatic carbocycles. The molecule has 0 N–H and O–H groups in total. The lowest BCUT2D eigenvalue weighted by Crippen LogP contribution is -2.56. The minimum Gasteiger partial charge on any atom is -0.420 e. The molecule has 2 unspecified atom stereocenters. The van der Waals surface area contributed by atoms with Gasteiger partial charge in [0.05, 0.1) is 0 Å². The average molecular weight is 269 g/mol. The highest BCUT2D eigenvalue weighted by atomic mass is 28.5. The van der Waals surface area contributed by atoms with Gasteiger partial charge in [0.1, 0.15) is 0 Å². The van der Waals surface area contributed by atoms with Gasteiger partial charge in [-0.2, -0.15) is 0 Å². The normalized spacial score (nSPS) is 37.3. The highest BCUT2D eigenvalue weighted by Crippen LogP contribution is 2.21. The first-order chi connectivity index (χ1) is 6.20. The fourth-order valence-corrected chi connectivity index (χ4v) is 17.7. The van der Waals surface area contributed by atoms with E-state index in [2.05, 4.69) is 26.2 Å². The Morgan fingerprint density at radius 3 is 1.50 bits per heavy atom. The van der Waals surface area contributed by atoms with Crippen LogP contribution in [0.4, 0.5) is 0 Å². The molecule has 84 valence electrons. The topological polar surface area (TPSA) is 36.9 Å². The lowest BCUT2D eigenvalue weighted by molar-refractivity contribution is 0.265. The molecule has 1 rings (SSSR count). The van der Waals surface area contributed by atoms with Gasteiger partial charge in [-0.1, -0.05) is 0 Å². The van der Waals surface area contributed by atoms with Crippen molar-refractivity contribution >= 4 is 35.7 Å². The van der Waals surface area contributed by atoms with E-state index in [4.69, 9.17) is 16.5 Å². The van der Waals surface area contributed by atoms with E-state index in [1.165, 1.54) is 0 Å². The maximum absolute atomic E-state index is 6.03. The van der Waals surface area contributed by atoms with Crippen LogP contribution in [0, 0.1) is 0 Å². The SMILES string of the molecule is C[SiH]1O[SiH](C)O[Si](C)(C)O[Si](C)(C)O1. The minimum absolute atomic E-state index is 1.51. The molecule has 0 bridgehead atoms. The summed E-state index contributed by atoms with van der Waals surface area (Å²) in [4.78, 5) is 0. The van der Waals surface area contributed by atoms with Crippen LogP contribution in [0.3, 0.4) is 0 Å². The molecule has 0 spiro atoms. The van der Waals surface area contributed by atoms with Gasteiger partial charge >= 0.3 is 17.1 Å². The van der Waals surface area contributed by atoms with Crippen molar-refractivity contribution in [2.24, 2.45) is 0 Å². The maximum atomic E-state index is 6.03. The molecule has 0 radical (unpaired) electrons. The van der Waals surface area contributed by atoms with E-state index in [9.17, 15) is 0 Å². The summed E-state index contributed by atoms with van der Waals surface area (Å²) in [5, 5.41) is 0. The van der Waals surface area contributed by atoms with E-state index in [-0.39, 0.29) is 0 Å². The Balaban J connectivity index is 2.73. The smallest absolute Gasteiger partial charge is 0.313 e. The average Bonchev–Trinajstić information content (AvgIpc) is 1.74. The Labute approximate surface area is 91.7 Å². The molecule has 1 aliphatic rings. The van der Waals surface area contributed by atoms with E-state index < -0.39 is 35.7 Å². The highest BCUT2D eigenvalue weighted by Gasteiger charge is 2.41. The quantitative estimate of drug-likeness (QED) is 0.618. The van der Waals surface area contributed by atoms with Gasteiger partial charge in [-0.3, -0.25) is 0 Å². The van der Waals surface area contributed by atoms with Crippen molar-refractivity contribution in [1.82, 2.24) is 0 Å². The summed E-state index contributed by atoms with van der Waals surface area (Å²) >= 11 is 0. The summed E-state index contributed by atoms with van der Waals surface area (Å²) in [5.74, 6) is 0. The summed E-state index contributed by atoms with van der Waals surface area (Å²) in [6.07, 6.45) is 0. The van der Waals surface area contributed by atoms with E-state index in [0.717, 1.165) is 0 Å². The lowest BCUT2D eigenvalue weighted by atomic mass is 11.9. The van der Waals surface area contributed by atoms with Crippen LogP contribution in [0.2, 0.25) is 39.3 Å². The monoisotopic (exact) mass is 268 g/mol. The van der Waals surface area contributed by atoms with Crippen LogP contribution < -0.4 is 0 Å². The van der Waals surface area contributed by atoms with Crippen molar-refractivity contribution in [3.63, 3.8) is 0 Å². The summed E-state index contributed by atoms with van der Waals surface area (Å²) in [7, 11) is -7.04. The van der Waals surface area contributed by atoms with Crippen molar-refractivity contribution < 1.29 is 16.5 Å². The summed E-state index contributed by atoms with van der Waals surface area (Å²) in [6.45, 7) is 12.4. The van der Waals surface area contributed by atoms with Crippen LogP contribution >= 0.6 is 0 Å². The minimum atomic E-state index is -2.01. The predicted molar refractivity (Wildman–Crippen MR) is 65.3 cm³/mol. The van der Waals surface area contributed by atoms with Crippen LogP contribution in [-0.4, -0.2) is 35.7 Å². The van der Waals surface area contributed by atoms with Crippen LogP contribution in [-0.2, 0) is 16.5 Å². The van der Waals surface area contributed by atoms with E-state index in [1.54, 1.807) is 0 Å². The zero-order valence-corrected chi connectivity index (χ0v) is 14.1. The molecule has 0 aromatic heterocycles. The first-order valence-corrected chi connectivity index (χ1v) is 14.7. The van der Waals surface area contributed by atoms with Crippen LogP contribution in [0.5, 0.6) is 0 Å². The van der Waals surface area contributed by atoms with Gasteiger partial charge in [-0.15, -0.1) is 0 Å². The van der Waals surface area contributed by atoms with Gasteiger partial charge in [0.15, 0.2) is 0 Å². The zero-order valence-electron chi connectivity index (χ0n) is 9.79. The first-order valence-electron chi connectivity index (χ1n) is 4.91. The molecule has 4 nitrogen and oxygen atoms in total. The Bertz CT molecular complexity index is 190. The third-order valence-electron chi connectivity index (χ3n) is 1.77. The van der Waals surface area contributed by atoms with Gasteiger partial charge < -0.3 is 16.5 Å². The Hall–Kier alpha value is 0.708. The Kier molecular flexibility index (Phi) is 3.92. The molecule has 14 heavy (non-hydrogen) atoms. The second-order valence-electron chi connectivity index (χ2n) is 4.41. The molecule has 8 heteroatoms. The lowest BCUT2D eigenvalue weighted by Gasteiger charge is -2.39. The fraction of sp³-hybridized carbons (Fsp3) is 1.00. The van der Waals surface area contributed by atoms with Crippen LogP contribution in [0.25, 0.3) is 0 Å². The number of hydrogen-bond acceptors (Lipinski definition) is 4. The molecule has 1 fully saturated rings. The van der Waals surface area contributed by atoms with Gasteiger partial charge in [-0.05, 0) is 39.3 Å². The molecule has 1 aliphatic heterocycles. The molecule has 0 aromatic rings. The molecule has 1 heterocycles. The molecular formula is C6H20O4Si4. The molecule has 0 amide bonds. The molecule has 1 saturated heterocycles. The standard InChI is InChI=1S/C6H20O4Si4/c1-11-7-12(2)9-14(5,6)10-13(3,4)8-11/h11-12H,1-6H3. The highest BCUT2D eigenvalue weighted by molar-refractivity contribution is 6.85. The maximum Gasteiger partial charge on any atom is 0.313 e. The molecule has 2 atom stereocenters. The second kappa shape index (κ2) is 4.29. The largest absolute Gasteiger partial charge is 0.420 e. The van der Waals surface area contributed by atoms with Crippen molar-refractivity contribution in [1.29, 1.82) is 0 Å². The van der Waals surface area contributed by atoms with Gasteiger partial charge in [0.25, 0.3) is 18.6 Å². The van der Waals surface area contributed by atoms with Gasteiger partial charge in [0.2, 0.25) is 0 Å². The fourth-order valence-electron chi connectivity index (χ4n) is 1.76. The predicted octanol–water partition coefficient (Wildman–Crippen LogP) is 1.17. The second-order valence-corrected chi connectivity index (χ2v) is 16.1. The van der Waals surface area contributed by atoms with E-state index in [0.29, 0.717) is 0 Å².